The summed E-state index contributed by atoms with van der Waals surface area (Å²) >= 11 is 0. The summed E-state index contributed by atoms with van der Waals surface area (Å²) < 4.78 is 16.8. The number of phenols is 1. The van der Waals surface area contributed by atoms with Gasteiger partial charge in [-0.1, -0.05) is 0 Å². The number of rotatable bonds is 5. The Morgan fingerprint density at radius 2 is 2.04 bits per heavy atom. The van der Waals surface area contributed by atoms with Crippen LogP contribution in [-0.4, -0.2) is 35.0 Å². The zero-order valence-electron chi connectivity index (χ0n) is 15.3. The van der Waals surface area contributed by atoms with Gasteiger partial charge < -0.3 is 29.1 Å². The SMILES string of the molecule is Cc1cc(=O)c2c(O)c3ccoc3c(OC[C@@H](O)CNC(C)(C)C)c2o1. The average molecular weight is 361 g/mol. The molecule has 0 aliphatic rings. The molecule has 0 aliphatic carbocycles. The third kappa shape index (κ3) is 3.54. The molecule has 26 heavy (non-hydrogen) atoms. The van der Waals surface area contributed by atoms with E-state index in [9.17, 15) is 15.0 Å². The second-order valence-electron chi connectivity index (χ2n) is 7.36. The number of aliphatic hydroxyl groups is 1. The van der Waals surface area contributed by atoms with Gasteiger partial charge in [-0.2, -0.15) is 0 Å². The van der Waals surface area contributed by atoms with E-state index in [4.69, 9.17) is 13.6 Å². The second kappa shape index (κ2) is 6.66. The number of aryl methyl sites for hydroxylation is 1. The summed E-state index contributed by atoms with van der Waals surface area (Å²) in [6.07, 6.45) is 0.616. The first-order chi connectivity index (χ1) is 12.2. The molecule has 0 fully saturated rings. The van der Waals surface area contributed by atoms with Crippen LogP contribution in [0.5, 0.6) is 11.5 Å². The molecule has 3 N–H and O–H groups in total. The van der Waals surface area contributed by atoms with Gasteiger partial charge in [0.25, 0.3) is 0 Å². The van der Waals surface area contributed by atoms with Crippen LogP contribution in [0.15, 0.2) is 32.0 Å². The molecule has 0 saturated heterocycles. The molecule has 2 aromatic heterocycles. The van der Waals surface area contributed by atoms with Gasteiger partial charge in [0.05, 0.1) is 11.6 Å². The van der Waals surface area contributed by atoms with E-state index in [2.05, 4.69) is 5.32 Å². The second-order valence-corrected chi connectivity index (χ2v) is 7.36. The number of hydrogen-bond acceptors (Lipinski definition) is 7. The quantitative estimate of drug-likeness (QED) is 0.641. The maximum absolute atomic E-state index is 12.3. The summed E-state index contributed by atoms with van der Waals surface area (Å²) in [5, 5.41) is 24.2. The fraction of sp³-hybridized carbons (Fsp3) is 0.421. The Bertz CT molecular complexity index is 995. The number of benzene rings is 1. The molecule has 7 heteroatoms. The number of aliphatic hydroxyl groups excluding tert-OH is 1. The minimum atomic E-state index is -0.778. The Morgan fingerprint density at radius 1 is 1.31 bits per heavy atom. The van der Waals surface area contributed by atoms with Crippen molar-refractivity contribution in [2.24, 2.45) is 0 Å². The van der Waals surface area contributed by atoms with E-state index in [0.29, 0.717) is 17.7 Å². The molecule has 0 spiro atoms. The van der Waals surface area contributed by atoms with Crippen LogP contribution in [0.3, 0.4) is 0 Å². The van der Waals surface area contributed by atoms with Crippen molar-refractivity contribution < 1.29 is 23.8 Å². The first-order valence-electron chi connectivity index (χ1n) is 8.40. The van der Waals surface area contributed by atoms with Crippen LogP contribution in [-0.2, 0) is 0 Å². The fourth-order valence-electron chi connectivity index (χ4n) is 2.70. The standard InChI is InChI=1S/C19H23NO6/c1-10-7-13(22)14-15(23)12-5-6-24-16(12)18(17(14)26-10)25-9-11(21)8-20-19(2,3)4/h5-7,11,20-21,23H,8-9H2,1-4H3/t11-/m0/s1. The van der Waals surface area contributed by atoms with Gasteiger partial charge in [0, 0.05) is 18.2 Å². The van der Waals surface area contributed by atoms with Crippen molar-refractivity contribution in [2.45, 2.75) is 39.3 Å². The predicted molar refractivity (Wildman–Crippen MR) is 97.9 cm³/mol. The molecule has 0 saturated carbocycles. The zero-order valence-corrected chi connectivity index (χ0v) is 15.3. The molecule has 2 heterocycles. The molecule has 0 aliphatic heterocycles. The summed E-state index contributed by atoms with van der Waals surface area (Å²) in [6.45, 7) is 7.93. The number of β-amino-alcohol motifs (C(OH)–C–C–N with tert-alkyl or cyclic N) is 1. The van der Waals surface area contributed by atoms with E-state index in [0.717, 1.165) is 0 Å². The van der Waals surface area contributed by atoms with Crippen LogP contribution in [0.25, 0.3) is 21.9 Å². The Hall–Kier alpha value is -2.51. The van der Waals surface area contributed by atoms with Gasteiger partial charge >= 0.3 is 0 Å². The van der Waals surface area contributed by atoms with E-state index < -0.39 is 6.10 Å². The van der Waals surface area contributed by atoms with Crippen molar-refractivity contribution in [1.82, 2.24) is 5.32 Å². The zero-order chi connectivity index (χ0) is 19.1. The van der Waals surface area contributed by atoms with Crippen LogP contribution in [0, 0.1) is 6.92 Å². The Morgan fingerprint density at radius 3 is 2.73 bits per heavy atom. The monoisotopic (exact) mass is 361 g/mol. The summed E-state index contributed by atoms with van der Waals surface area (Å²) in [4.78, 5) is 12.3. The van der Waals surface area contributed by atoms with Crippen LogP contribution in [0.1, 0.15) is 26.5 Å². The highest BCUT2D eigenvalue weighted by molar-refractivity contribution is 6.06. The molecular weight excluding hydrogens is 338 g/mol. The third-order valence-electron chi connectivity index (χ3n) is 3.93. The van der Waals surface area contributed by atoms with E-state index >= 15 is 0 Å². The minimum Gasteiger partial charge on any atom is -0.506 e. The number of hydrogen-bond donors (Lipinski definition) is 3. The van der Waals surface area contributed by atoms with Crippen molar-refractivity contribution in [2.75, 3.05) is 13.2 Å². The smallest absolute Gasteiger partial charge is 0.206 e. The van der Waals surface area contributed by atoms with Crippen LogP contribution in [0.2, 0.25) is 0 Å². The number of nitrogens with one attached hydrogen (secondary N) is 1. The Balaban J connectivity index is 2.00. The lowest BCUT2D eigenvalue weighted by Crippen LogP contribution is -2.42. The fourth-order valence-corrected chi connectivity index (χ4v) is 2.70. The van der Waals surface area contributed by atoms with Gasteiger partial charge in [-0.3, -0.25) is 4.79 Å². The summed E-state index contributed by atoms with van der Waals surface area (Å²) in [7, 11) is 0. The number of aromatic hydroxyl groups is 1. The number of ether oxygens (including phenoxy) is 1. The van der Waals surface area contributed by atoms with Crippen molar-refractivity contribution in [3.8, 4) is 11.5 Å². The van der Waals surface area contributed by atoms with Gasteiger partial charge in [-0.15, -0.1) is 0 Å². The topological polar surface area (TPSA) is 105 Å². The summed E-state index contributed by atoms with van der Waals surface area (Å²) in [6, 6.07) is 2.85. The maximum atomic E-state index is 12.3. The van der Waals surface area contributed by atoms with Gasteiger partial charge in [-0.25, -0.2) is 0 Å². The summed E-state index contributed by atoms with van der Waals surface area (Å²) in [5.74, 6) is 0.362. The third-order valence-corrected chi connectivity index (χ3v) is 3.93. The number of furan rings is 1. The van der Waals surface area contributed by atoms with Crippen molar-refractivity contribution in [1.29, 1.82) is 0 Å². The predicted octanol–water partition coefficient (Wildman–Crippen LogP) is 2.68. The van der Waals surface area contributed by atoms with E-state index in [-0.39, 0.29) is 45.6 Å². The Kier molecular flexibility index (Phi) is 4.68. The van der Waals surface area contributed by atoms with Crippen molar-refractivity contribution in [3.05, 3.63) is 34.4 Å². The first-order valence-corrected chi connectivity index (χ1v) is 8.40. The molecule has 0 unspecified atom stereocenters. The lowest BCUT2D eigenvalue weighted by Gasteiger charge is -2.23. The highest BCUT2D eigenvalue weighted by Gasteiger charge is 2.23. The normalized spacial score (nSPS) is 13.4. The maximum Gasteiger partial charge on any atom is 0.206 e. The molecule has 0 radical (unpaired) electrons. The molecule has 3 aromatic rings. The average Bonchev–Trinajstić information content (AvgIpc) is 3.01. The number of phenolic OH excluding ortho intramolecular Hbond substituents is 1. The molecule has 0 amide bonds. The molecule has 1 aromatic carbocycles. The van der Waals surface area contributed by atoms with Gasteiger partial charge in [-0.05, 0) is 33.8 Å². The first kappa shape index (κ1) is 18.3. The molecular formula is C19H23NO6. The van der Waals surface area contributed by atoms with E-state index in [1.807, 2.05) is 20.8 Å². The van der Waals surface area contributed by atoms with Crippen LogP contribution < -0.4 is 15.5 Å². The molecule has 7 nitrogen and oxygen atoms in total. The van der Waals surface area contributed by atoms with Crippen LogP contribution in [0.4, 0.5) is 0 Å². The highest BCUT2D eigenvalue weighted by Crippen LogP contribution is 2.41. The molecule has 1 atom stereocenters. The van der Waals surface area contributed by atoms with Gasteiger partial charge in [0.15, 0.2) is 16.6 Å². The van der Waals surface area contributed by atoms with E-state index in [1.54, 1.807) is 13.0 Å². The van der Waals surface area contributed by atoms with Crippen molar-refractivity contribution in [3.63, 3.8) is 0 Å². The number of fused-ring (bicyclic) bond motifs is 2. The van der Waals surface area contributed by atoms with Gasteiger partial charge in [0.1, 0.15) is 29.6 Å². The Labute approximate surface area is 150 Å². The highest BCUT2D eigenvalue weighted by atomic mass is 16.5. The molecule has 0 bridgehead atoms. The molecule has 3 rings (SSSR count). The van der Waals surface area contributed by atoms with Crippen LogP contribution >= 0.6 is 0 Å². The van der Waals surface area contributed by atoms with Crippen molar-refractivity contribution >= 4 is 21.9 Å². The lowest BCUT2D eigenvalue weighted by molar-refractivity contribution is 0.100. The lowest BCUT2D eigenvalue weighted by atomic mass is 10.1. The van der Waals surface area contributed by atoms with Gasteiger partial charge in [0.2, 0.25) is 5.75 Å². The largest absolute Gasteiger partial charge is 0.506 e. The molecule has 140 valence electrons. The summed E-state index contributed by atoms with van der Waals surface area (Å²) in [5.41, 5.74) is -0.139. The minimum absolute atomic E-state index is 0.0295. The van der Waals surface area contributed by atoms with E-state index in [1.165, 1.54) is 12.3 Å².